The largest absolute Gasteiger partial charge is 0.419 e. The van der Waals surface area contributed by atoms with Crippen molar-refractivity contribution in [2.24, 2.45) is 11.8 Å². The molecule has 31 heavy (non-hydrogen) atoms. The number of fused-ring (bicyclic) bond motifs is 1. The van der Waals surface area contributed by atoms with E-state index in [1.54, 1.807) is 7.11 Å². The molecule has 0 radical (unpaired) electrons. The first-order valence-electron chi connectivity index (χ1n) is 9.67. The van der Waals surface area contributed by atoms with E-state index in [0.29, 0.717) is 12.3 Å². The van der Waals surface area contributed by atoms with Crippen LogP contribution < -0.4 is 5.73 Å². The Kier molecular flexibility index (Phi) is 5.41. The maximum Gasteiger partial charge on any atom is 0.419 e. The van der Waals surface area contributed by atoms with Crippen LogP contribution in [-0.2, 0) is 17.5 Å². The van der Waals surface area contributed by atoms with Crippen LogP contribution in [0.25, 0.3) is 11.3 Å². The van der Waals surface area contributed by atoms with Crippen molar-refractivity contribution in [2.75, 3.05) is 39.1 Å². The summed E-state index contributed by atoms with van der Waals surface area (Å²) in [6, 6.07) is 2.22. The van der Waals surface area contributed by atoms with E-state index < -0.39 is 30.3 Å². The zero-order valence-corrected chi connectivity index (χ0v) is 16.5. The molecule has 2 unspecified atom stereocenters. The van der Waals surface area contributed by atoms with Crippen molar-refractivity contribution in [3.8, 4) is 11.3 Å². The number of alkyl halides is 6. The lowest BCUT2D eigenvalue weighted by Crippen LogP contribution is -2.28. The molecule has 2 fully saturated rings. The number of aromatic nitrogens is 3. The zero-order valence-electron chi connectivity index (χ0n) is 16.5. The van der Waals surface area contributed by atoms with E-state index in [1.165, 1.54) is 6.07 Å². The Morgan fingerprint density at radius 3 is 2.39 bits per heavy atom. The number of methoxy groups -OCH3 is 1. The maximum absolute atomic E-state index is 13.2. The third-order valence-corrected chi connectivity index (χ3v) is 5.88. The molecule has 1 saturated heterocycles. The molecular formula is C19H21F6N5O. The number of rotatable bonds is 6. The summed E-state index contributed by atoms with van der Waals surface area (Å²) < 4.78 is 84.8. The first-order valence-corrected chi connectivity index (χ1v) is 9.67. The molecule has 0 spiro atoms. The number of piperidine rings is 1. The number of hydrogen-bond donors (Lipinski definition) is 1. The molecule has 4 rings (SSSR count). The highest BCUT2D eigenvalue weighted by molar-refractivity contribution is 5.63. The van der Waals surface area contributed by atoms with Crippen molar-refractivity contribution in [3.63, 3.8) is 0 Å². The fourth-order valence-electron chi connectivity index (χ4n) is 4.43. The number of pyridine rings is 1. The van der Waals surface area contributed by atoms with Gasteiger partial charge in [0.05, 0.1) is 17.9 Å². The summed E-state index contributed by atoms with van der Waals surface area (Å²) in [6.45, 7) is 1.51. The number of anilines is 1. The molecule has 2 aromatic heterocycles. The Morgan fingerprint density at radius 2 is 1.81 bits per heavy atom. The van der Waals surface area contributed by atoms with Gasteiger partial charge in [-0.3, -0.25) is 4.68 Å². The highest BCUT2D eigenvalue weighted by atomic mass is 19.4. The average Bonchev–Trinajstić information content (AvgIpc) is 3.00. The second kappa shape index (κ2) is 7.66. The Morgan fingerprint density at radius 1 is 1.13 bits per heavy atom. The third kappa shape index (κ3) is 4.49. The molecule has 6 nitrogen and oxygen atoms in total. The second-order valence-corrected chi connectivity index (χ2v) is 7.99. The molecule has 1 aliphatic carbocycles. The van der Waals surface area contributed by atoms with Crippen LogP contribution >= 0.6 is 0 Å². The molecule has 0 aromatic carbocycles. The molecule has 2 atom stereocenters. The van der Waals surface area contributed by atoms with Crippen LogP contribution in [0.4, 0.5) is 32.2 Å². The lowest BCUT2D eigenvalue weighted by atomic mass is 10.1. The van der Waals surface area contributed by atoms with E-state index in [-0.39, 0.29) is 29.0 Å². The van der Waals surface area contributed by atoms with Gasteiger partial charge >= 0.3 is 12.4 Å². The number of nitrogens with two attached hydrogens (primary N) is 1. The molecule has 3 heterocycles. The van der Waals surface area contributed by atoms with Crippen molar-refractivity contribution in [1.29, 1.82) is 0 Å². The van der Waals surface area contributed by atoms with Crippen LogP contribution in [0.1, 0.15) is 17.2 Å². The van der Waals surface area contributed by atoms with Crippen LogP contribution in [0.2, 0.25) is 0 Å². The average molecular weight is 449 g/mol. The number of nitrogen functional groups attached to an aromatic ring is 1. The minimum Gasteiger partial charge on any atom is -0.383 e. The Balaban J connectivity index is 1.62. The van der Waals surface area contributed by atoms with Gasteiger partial charge in [-0.05, 0) is 24.0 Å². The van der Waals surface area contributed by atoms with Crippen LogP contribution in [-0.4, -0.2) is 59.2 Å². The predicted octanol–water partition coefficient (Wildman–Crippen LogP) is 3.40. The highest BCUT2D eigenvalue weighted by Gasteiger charge is 2.57. The van der Waals surface area contributed by atoms with Crippen LogP contribution in [0.5, 0.6) is 0 Å². The van der Waals surface area contributed by atoms with Crippen LogP contribution in [0, 0.1) is 11.8 Å². The Hall–Kier alpha value is -2.34. The lowest BCUT2D eigenvalue weighted by molar-refractivity contribution is -0.143. The Bertz CT molecular complexity index is 944. The van der Waals surface area contributed by atoms with Crippen LogP contribution in [0.15, 0.2) is 18.3 Å². The van der Waals surface area contributed by atoms with Gasteiger partial charge in [0.15, 0.2) is 0 Å². The van der Waals surface area contributed by atoms with Gasteiger partial charge in [-0.25, -0.2) is 4.98 Å². The monoisotopic (exact) mass is 449 g/mol. The van der Waals surface area contributed by atoms with Crippen molar-refractivity contribution < 1.29 is 31.1 Å². The molecule has 0 amide bonds. The minimum absolute atomic E-state index is 0.0125. The Labute approximate surface area is 174 Å². The van der Waals surface area contributed by atoms with Crippen LogP contribution in [0.3, 0.4) is 0 Å². The van der Waals surface area contributed by atoms with Crippen molar-refractivity contribution in [3.05, 3.63) is 29.6 Å². The van der Waals surface area contributed by atoms with E-state index in [0.717, 1.165) is 36.6 Å². The summed E-state index contributed by atoms with van der Waals surface area (Å²) >= 11 is 0. The van der Waals surface area contributed by atoms with Gasteiger partial charge in [-0.2, -0.15) is 31.4 Å². The molecule has 1 saturated carbocycles. The fourth-order valence-corrected chi connectivity index (χ4v) is 4.43. The SMILES string of the molecule is COCCN1CC2C(C1)C2c1cc(-c2cnc(N)c(C(F)(F)F)c2)nn1CC(F)(F)F. The number of nitrogens with zero attached hydrogens (tertiary/aromatic N) is 4. The summed E-state index contributed by atoms with van der Waals surface area (Å²) in [5.41, 5.74) is 4.55. The van der Waals surface area contributed by atoms with Gasteiger partial charge in [0.2, 0.25) is 0 Å². The third-order valence-electron chi connectivity index (χ3n) is 5.88. The molecule has 1 aliphatic heterocycles. The highest BCUT2D eigenvalue weighted by Crippen LogP contribution is 2.58. The van der Waals surface area contributed by atoms with Crippen molar-refractivity contribution in [1.82, 2.24) is 19.7 Å². The molecule has 2 aromatic rings. The first-order chi connectivity index (χ1) is 14.5. The van der Waals surface area contributed by atoms with Crippen molar-refractivity contribution in [2.45, 2.75) is 24.8 Å². The summed E-state index contributed by atoms with van der Waals surface area (Å²) in [5, 5.41) is 3.99. The number of ether oxygens (including phenoxy) is 1. The molecule has 2 N–H and O–H groups in total. The summed E-state index contributed by atoms with van der Waals surface area (Å²) in [4.78, 5) is 5.75. The van der Waals surface area contributed by atoms with Gasteiger partial charge in [0.1, 0.15) is 12.4 Å². The van der Waals surface area contributed by atoms with E-state index in [2.05, 4.69) is 15.0 Å². The molecular weight excluding hydrogens is 428 g/mol. The van der Waals surface area contributed by atoms with E-state index >= 15 is 0 Å². The van der Waals surface area contributed by atoms with E-state index in [9.17, 15) is 26.3 Å². The maximum atomic E-state index is 13.2. The molecule has 2 aliphatic rings. The summed E-state index contributed by atoms with van der Waals surface area (Å²) in [5.74, 6) is -0.405. The topological polar surface area (TPSA) is 69.2 Å². The standard InChI is InChI=1S/C19H21F6N5O/c1-31-3-2-29-7-11-12(8-29)16(11)15-5-14(28-30(15)9-18(20,21)22)10-4-13(19(23,24)25)17(26)27-6-10/h4-6,11-12,16H,2-3,7-9H2,1H3,(H2,26,27). The fraction of sp³-hybridized carbons (Fsp3) is 0.579. The quantitative estimate of drug-likeness (QED) is 0.685. The molecule has 0 bridgehead atoms. The smallest absolute Gasteiger partial charge is 0.383 e. The lowest BCUT2D eigenvalue weighted by Gasteiger charge is -2.19. The van der Waals surface area contributed by atoms with Gasteiger partial charge < -0.3 is 15.4 Å². The van der Waals surface area contributed by atoms with Gasteiger partial charge in [-0.15, -0.1) is 0 Å². The van der Waals surface area contributed by atoms with E-state index in [1.807, 2.05) is 0 Å². The molecule has 12 heteroatoms. The van der Waals surface area contributed by atoms with Gasteiger partial charge in [0, 0.05) is 50.1 Å². The minimum atomic E-state index is -4.73. The second-order valence-electron chi connectivity index (χ2n) is 7.99. The van der Waals surface area contributed by atoms with Crippen molar-refractivity contribution >= 4 is 5.82 Å². The summed E-state index contributed by atoms with van der Waals surface area (Å²) in [6.07, 6.45) is -8.15. The van der Waals surface area contributed by atoms with Gasteiger partial charge in [0.25, 0.3) is 0 Å². The van der Waals surface area contributed by atoms with Gasteiger partial charge in [-0.1, -0.05) is 0 Å². The molecule has 170 valence electrons. The number of likely N-dealkylation sites (tertiary alicyclic amines) is 1. The number of halogens is 6. The zero-order chi connectivity index (χ0) is 22.6. The summed E-state index contributed by atoms with van der Waals surface area (Å²) in [7, 11) is 1.60. The predicted molar refractivity (Wildman–Crippen MR) is 99.0 cm³/mol. The first kappa shape index (κ1) is 21.9. The normalized spacial score (nSPS) is 23.9. The van der Waals surface area contributed by atoms with E-state index in [4.69, 9.17) is 10.5 Å². The number of hydrogen-bond acceptors (Lipinski definition) is 5.